The molecule has 0 unspecified atom stereocenters. The van der Waals surface area contributed by atoms with Crippen molar-refractivity contribution in [1.82, 2.24) is 0 Å². The molecule has 1 rings (SSSR count). The number of anilines is 1. The molecule has 0 amide bonds. The SMILES string of the molecule is CCN(c1ccc(C(=O)O)cc1C)C(C)C. The molecule has 0 atom stereocenters. The van der Waals surface area contributed by atoms with Crippen molar-refractivity contribution in [2.75, 3.05) is 11.4 Å². The number of hydrogen-bond acceptors (Lipinski definition) is 2. The molecule has 0 aliphatic rings. The highest BCUT2D eigenvalue weighted by atomic mass is 16.4. The Balaban J connectivity index is 3.11. The van der Waals surface area contributed by atoms with Gasteiger partial charge in [-0.3, -0.25) is 0 Å². The molecule has 0 saturated heterocycles. The summed E-state index contributed by atoms with van der Waals surface area (Å²) in [6.07, 6.45) is 0. The molecular formula is C13H19NO2. The number of carboxylic acid groups (broad SMARTS) is 1. The average Bonchev–Trinajstić information content (AvgIpc) is 2.20. The lowest BCUT2D eigenvalue weighted by atomic mass is 10.1. The fraction of sp³-hybridized carbons (Fsp3) is 0.462. The highest BCUT2D eigenvalue weighted by Gasteiger charge is 2.12. The topological polar surface area (TPSA) is 40.5 Å². The second-order valence-electron chi connectivity index (χ2n) is 4.19. The van der Waals surface area contributed by atoms with E-state index in [0.717, 1.165) is 17.8 Å². The van der Waals surface area contributed by atoms with Crippen molar-refractivity contribution in [2.45, 2.75) is 33.7 Å². The Labute approximate surface area is 96.7 Å². The van der Waals surface area contributed by atoms with Gasteiger partial charge in [0.05, 0.1) is 5.56 Å². The second kappa shape index (κ2) is 5.01. The van der Waals surface area contributed by atoms with Crippen molar-refractivity contribution in [3.05, 3.63) is 29.3 Å². The number of carbonyl (C=O) groups is 1. The van der Waals surface area contributed by atoms with Crippen molar-refractivity contribution in [2.24, 2.45) is 0 Å². The van der Waals surface area contributed by atoms with Gasteiger partial charge in [0.25, 0.3) is 0 Å². The summed E-state index contributed by atoms with van der Waals surface area (Å²) < 4.78 is 0. The van der Waals surface area contributed by atoms with Gasteiger partial charge in [-0.05, 0) is 51.5 Å². The Morgan fingerprint density at radius 3 is 2.44 bits per heavy atom. The highest BCUT2D eigenvalue weighted by molar-refractivity contribution is 5.88. The van der Waals surface area contributed by atoms with Crippen molar-refractivity contribution >= 4 is 11.7 Å². The Morgan fingerprint density at radius 2 is 2.06 bits per heavy atom. The minimum absolute atomic E-state index is 0.348. The quantitative estimate of drug-likeness (QED) is 0.849. The first kappa shape index (κ1) is 12.6. The van der Waals surface area contributed by atoms with Crippen LogP contribution in [0.5, 0.6) is 0 Å². The summed E-state index contributed by atoms with van der Waals surface area (Å²) >= 11 is 0. The molecule has 88 valence electrons. The molecule has 1 aromatic carbocycles. The molecule has 0 radical (unpaired) electrons. The maximum absolute atomic E-state index is 10.8. The zero-order valence-corrected chi connectivity index (χ0v) is 10.3. The van der Waals surface area contributed by atoms with Crippen molar-refractivity contribution in [1.29, 1.82) is 0 Å². The Bertz CT molecular complexity index is 386. The number of benzene rings is 1. The predicted molar refractivity (Wildman–Crippen MR) is 66.3 cm³/mol. The van der Waals surface area contributed by atoms with E-state index in [2.05, 4.69) is 25.7 Å². The van der Waals surface area contributed by atoms with Crippen LogP contribution in [-0.4, -0.2) is 23.7 Å². The molecule has 16 heavy (non-hydrogen) atoms. The lowest BCUT2D eigenvalue weighted by molar-refractivity contribution is 0.0697. The first-order chi connectivity index (χ1) is 7.47. The number of rotatable bonds is 4. The lowest BCUT2D eigenvalue weighted by Gasteiger charge is -2.29. The predicted octanol–water partition coefficient (Wildman–Crippen LogP) is 2.93. The molecule has 0 heterocycles. The summed E-state index contributed by atoms with van der Waals surface area (Å²) in [5, 5.41) is 8.89. The number of hydrogen-bond donors (Lipinski definition) is 1. The van der Waals surface area contributed by atoms with Crippen LogP contribution in [0.15, 0.2) is 18.2 Å². The fourth-order valence-corrected chi connectivity index (χ4v) is 1.92. The lowest BCUT2D eigenvalue weighted by Crippen LogP contribution is -2.30. The number of aryl methyl sites for hydroxylation is 1. The summed E-state index contributed by atoms with van der Waals surface area (Å²) in [6.45, 7) is 9.24. The van der Waals surface area contributed by atoms with E-state index >= 15 is 0 Å². The molecule has 0 fully saturated rings. The smallest absolute Gasteiger partial charge is 0.335 e. The number of nitrogens with zero attached hydrogens (tertiary/aromatic N) is 1. The van der Waals surface area contributed by atoms with Gasteiger partial charge in [0, 0.05) is 18.3 Å². The van der Waals surface area contributed by atoms with Crippen molar-refractivity contribution < 1.29 is 9.90 Å². The highest BCUT2D eigenvalue weighted by Crippen LogP contribution is 2.23. The third-order valence-electron chi connectivity index (χ3n) is 2.72. The molecule has 3 nitrogen and oxygen atoms in total. The van der Waals surface area contributed by atoms with Gasteiger partial charge in [0.15, 0.2) is 0 Å². The fourth-order valence-electron chi connectivity index (χ4n) is 1.92. The van der Waals surface area contributed by atoms with Crippen LogP contribution in [-0.2, 0) is 0 Å². The van der Waals surface area contributed by atoms with Crippen molar-refractivity contribution in [3.8, 4) is 0 Å². The minimum atomic E-state index is -0.873. The van der Waals surface area contributed by atoms with Gasteiger partial charge in [-0.25, -0.2) is 4.79 Å². The maximum Gasteiger partial charge on any atom is 0.335 e. The van der Waals surface area contributed by atoms with Crippen LogP contribution in [0.25, 0.3) is 0 Å². The molecule has 0 spiro atoms. The third-order valence-corrected chi connectivity index (χ3v) is 2.72. The molecule has 3 heteroatoms. The standard InChI is InChI=1S/C13H19NO2/c1-5-14(9(2)3)12-7-6-11(13(15)16)8-10(12)4/h6-9H,5H2,1-4H3,(H,15,16). The van der Waals surface area contributed by atoms with E-state index in [1.165, 1.54) is 0 Å². The third kappa shape index (κ3) is 2.54. The maximum atomic E-state index is 10.8. The summed E-state index contributed by atoms with van der Waals surface area (Å²) in [7, 11) is 0. The van der Waals surface area contributed by atoms with Crippen LogP contribution >= 0.6 is 0 Å². The van der Waals surface area contributed by atoms with Crippen LogP contribution in [0.1, 0.15) is 36.7 Å². The Morgan fingerprint density at radius 1 is 1.44 bits per heavy atom. The molecule has 1 aromatic rings. The summed E-state index contributed by atoms with van der Waals surface area (Å²) in [5.74, 6) is -0.873. The minimum Gasteiger partial charge on any atom is -0.478 e. The first-order valence-corrected chi connectivity index (χ1v) is 5.58. The normalized spacial score (nSPS) is 10.6. The van der Waals surface area contributed by atoms with Gasteiger partial charge >= 0.3 is 5.97 Å². The van der Waals surface area contributed by atoms with Gasteiger partial charge in [0.2, 0.25) is 0 Å². The summed E-state index contributed by atoms with van der Waals surface area (Å²) in [4.78, 5) is 13.1. The summed E-state index contributed by atoms with van der Waals surface area (Å²) in [5.41, 5.74) is 2.47. The second-order valence-corrected chi connectivity index (χ2v) is 4.19. The van der Waals surface area contributed by atoms with Crippen LogP contribution in [0.3, 0.4) is 0 Å². The van der Waals surface area contributed by atoms with Crippen molar-refractivity contribution in [3.63, 3.8) is 0 Å². The molecule has 0 saturated carbocycles. The zero-order valence-electron chi connectivity index (χ0n) is 10.3. The summed E-state index contributed by atoms with van der Waals surface area (Å²) in [6, 6.07) is 5.69. The largest absolute Gasteiger partial charge is 0.478 e. The van der Waals surface area contributed by atoms with E-state index in [1.807, 2.05) is 13.0 Å². The van der Waals surface area contributed by atoms with E-state index < -0.39 is 5.97 Å². The van der Waals surface area contributed by atoms with Crippen LogP contribution in [0.2, 0.25) is 0 Å². The molecule has 0 aromatic heterocycles. The van der Waals surface area contributed by atoms with Crippen LogP contribution < -0.4 is 4.90 Å². The monoisotopic (exact) mass is 221 g/mol. The van der Waals surface area contributed by atoms with Crippen LogP contribution in [0.4, 0.5) is 5.69 Å². The first-order valence-electron chi connectivity index (χ1n) is 5.58. The molecule has 1 N–H and O–H groups in total. The van der Waals surface area contributed by atoms with Gasteiger partial charge in [0.1, 0.15) is 0 Å². The van der Waals surface area contributed by atoms with Gasteiger partial charge in [-0.15, -0.1) is 0 Å². The van der Waals surface area contributed by atoms with E-state index in [-0.39, 0.29) is 0 Å². The number of carboxylic acids is 1. The molecular weight excluding hydrogens is 202 g/mol. The van der Waals surface area contributed by atoms with E-state index in [0.29, 0.717) is 11.6 Å². The molecule has 0 bridgehead atoms. The van der Waals surface area contributed by atoms with E-state index in [1.54, 1.807) is 12.1 Å². The molecule has 0 aliphatic carbocycles. The Kier molecular flexibility index (Phi) is 3.93. The van der Waals surface area contributed by atoms with E-state index in [9.17, 15) is 4.79 Å². The van der Waals surface area contributed by atoms with Gasteiger partial charge in [-0.1, -0.05) is 0 Å². The molecule has 0 aliphatic heterocycles. The number of aromatic carboxylic acids is 1. The average molecular weight is 221 g/mol. The van der Waals surface area contributed by atoms with E-state index in [4.69, 9.17) is 5.11 Å². The zero-order chi connectivity index (χ0) is 12.3. The van der Waals surface area contributed by atoms with Crippen LogP contribution in [0, 0.1) is 6.92 Å². The van der Waals surface area contributed by atoms with Gasteiger partial charge in [-0.2, -0.15) is 0 Å². The Hall–Kier alpha value is -1.51. The van der Waals surface area contributed by atoms with Gasteiger partial charge < -0.3 is 10.0 Å².